The van der Waals surface area contributed by atoms with Crippen LogP contribution in [0.3, 0.4) is 0 Å². The molecule has 0 saturated heterocycles. The number of nitrogens with one attached hydrogen (secondary N) is 1. The molecule has 0 aliphatic carbocycles. The zero-order chi connectivity index (χ0) is 23.7. The maximum atomic E-state index is 13.3. The molecular weight excluding hydrogens is 444 g/mol. The Balaban J connectivity index is 1.83. The minimum Gasteiger partial charge on any atom is -0.497 e. The van der Waals surface area contributed by atoms with Gasteiger partial charge in [-0.1, -0.05) is 29.7 Å². The fraction of sp³-hybridized carbons (Fsp3) is 0.250. The van der Waals surface area contributed by atoms with Crippen molar-refractivity contribution in [2.24, 2.45) is 0 Å². The summed E-state index contributed by atoms with van der Waals surface area (Å²) in [5.41, 5.74) is 2.29. The highest BCUT2D eigenvalue weighted by atomic mass is 35.5. The van der Waals surface area contributed by atoms with Crippen LogP contribution < -0.4 is 15.6 Å². The van der Waals surface area contributed by atoms with E-state index < -0.39 is 11.6 Å². The van der Waals surface area contributed by atoms with Gasteiger partial charge in [0.25, 0.3) is 5.56 Å². The summed E-state index contributed by atoms with van der Waals surface area (Å²) >= 11 is 6.09. The molecule has 170 valence electrons. The molecule has 8 nitrogen and oxygen atoms in total. The first-order chi connectivity index (χ1) is 15.8. The summed E-state index contributed by atoms with van der Waals surface area (Å²) in [6, 6.07) is 11.6. The molecule has 2 heterocycles. The number of hydrogen-bond donors (Lipinski definition) is 1. The fourth-order valence-electron chi connectivity index (χ4n) is 3.69. The molecule has 1 unspecified atom stereocenters. The second-order valence-electron chi connectivity index (χ2n) is 7.66. The highest BCUT2D eigenvalue weighted by molar-refractivity contribution is 6.31. The van der Waals surface area contributed by atoms with Crippen LogP contribution in [-0.4, -0.2) is 28.0 Å². The molecule has 0 aliphatic heterocycles. The highest BCUT2D eigenvalue weighted by Crippen LogP contribution is 2.30. The second kappa shape index (κ2) is 9.07. The number of carbonyl (C=O) groups excluding carboxylic acids is 1. The third-order valence-corrected chi connectivity index (χ3v) is 5.76. The van der Waals surface area contributed by atoms with Gasteiger partial charge < -0.3 is 14.6 Å². The van der Waals surface area contributed by atoms with Gasteiger partial charge in [0.05, 0.1) is 12.5 Å². The van der Waals surface area contributed by atoms with Crippen LogP contribution in [0.5, 0.6) is 5.75 Å². The molecule has 33 heavy (non-hydrogen) atoms. The Kier molecular flexibility index (Phi) is 6.20. The lowest BCUT2D eigenvalue weighted by atomic mass is 10.1. The van der Waals surface area contributed by atoms with Crippen LogP contribution in [0.2, 0.25) is 5.02 Å². The van der Waals surface area contributed by atoms with Crippen molar-refractivity contribution in [3.63, 3.8) is 0 Å². The fourth-order valence-corrected chi connectivity index (χ4v) is 3.86. The molecule has 0 aliphatic rings. The summed E-state index contributed by atoms with van der Waals surface area (Å²) in [5.74, 6) is 0.783. The number of aryl methyl sites for hydroxylation is 2. The minimum atomic E-state index is -0.866. The first-order valence-electron chi connectivity index (χ1n) is 10.4. The number of anilines is 1. The van der Waals surface area contributed by atoms with Crippen LogP contribution in [0.4, 0.5) is 5.69 Å². The molecule has 0 spiro atoms. The van der Waals surface area contributed by atoms with E-state index in [-0.39, 0.29) is 11.4 Å². The minimum absolute atomic E-state index is 0.124. The van der Waals surface area contributed by atoms with E-state index in [1.165, 1.54) is 4.68 Å². The van der Waals surface area contributed by atoms with Gasteiger partial charge in [0.15, 0.2) is 5.52 Å². The first kappa shape index (κ1) is 22.5. The quantitative estimate of drug-likeness (QED) is 0.433. The zero-order valence-corrected chi connectivity index (χ0v) is 19.4. The number of rotatable bonds is 6. The molecule has 0 bridgehead atoms. The van der Waals surface area contributed by atoms with Gasteiger partial charge in [-0.25, -0.2) is 4.68 Å². The summed E-state index contributed by atoms with van der Waals surface area (Å²) in [5, 5.41) is 12.5. The number of benzene rings is 2. The van der Waals surface area contributed by atoms with E-state index >= 15 is 0 Å². The number of methoxy groups -OCH3 is 1. The first-order valence-corrected chi connectivity index (χ1v) is 10.8. The maximum Gasteiger partial charge on any atom is 0.297 e. The van der Waals surface area contributed by atoms with Gasteiger partial charge in [-0.15, -0.1) is 0 Å². The molecule has 0 saturated carbocycles. The van der Waals surface area contributed by atoms with E-state index in [1.807, 2.05) is 32.0 Å². The van der Waals surface area contributed by atoms with Crippen LogP contribution in [-0.2, 0) is 4.79 Å². The average molecular weight is 467 g/mol. The molecule has 1 N–H and O–H groups in total. The van der Waals surface area contributed by atoms with Crippen molar-refractivity contribution in [1.82, 2.24) is 14.9 Å². The third kappa shape index (κ3) is 4.21. The monoisotopic (exact) mass is 466 g/mol. The van der Waals surface area contributed by atoms with Crippen molar-refractivity contribution in [3.05, 3.63) is 69.2 Å². The van der Waals surface area contributed by atoms with Gasteiger partial charge in [0.1, 0.15) is 23.2 Å². The van der Waals surface area contributed by atoms with E-state index in [4.69, 9.17) is 20.9 Å². The summed E-state index contributed by atoms with van der Waals surface area (Å²) in [6.07, 6.45) is 0.336. The molecular formula is C24H23ClN4O4. The smallest absolute Gasteiger partial charge is 0.297 e. The number of amides is 1. The van der Waals surface area contributed by atoms with Crippen molar-refractivity contribution >= 4 is 34.1 Å². The highest BCUT2D eigenvalue weighted by Gasteiger charge is 2.26. The van der Waals surface area contributed by atoms with E-state index in [0.29, 0.717) is 39.7 Å². The molecule has 2 aromatic carbocycles. The SMILES string of the molecule is CCC(C(=O)Nc1cc(Cl)ccc1C)n1nc(-c2ccc(OC)cc2)c2c(C)onc2c1=O. The number of fused-ring (bicyclic) bond motifs is 1. The van der Waals surface area contributed by atoms with E-state index in [9.17, 15) is 9.59 Å². The van der Waals surface area contributed by atoms with Crippen molar-refractivity contribution in [2.75, 3.05) is 12.4 Å². The standard InChI is InChI=1S/C24H23ClN4O4/c1-5-19(23(30)26-18-12-16(25)9-6-13(18)2)29-24(31)22-20(14(3)33-28-22)21(27-29)15-7-10-17(32-4)11-8-15/h6-12,19H,5H2,1-4H3,(H,26,30). The topological polar surface area (TPSA) is 99.2 Å². The Morgan fingerprint density at radius 1 is 1.21 bits per heavy atom. The van der Waals surface area contributed by atoms with Crippen LogP contribution in [0, 0.1) is 13.8 Å². The van der Waals surface area contributed by atoms with E-state index in [2.05, 4.69) is 15.6 Å². The summed E-state index contributed by atoms with van der Waals surface area (Å²) in [4.78, 5) is 26.5. The van der Waals surface area contributed by atoms with Crippen molar-refractivity contribution < 1.29 is 14.1 Å². The van der Waals surface area contributed by atoms with Gasteiger partial charge in [-0.3, -0.25) is 9.59 Å². The predicted octanol–water partition coefficient (Wildman–Crippen LogP) is 4.92. The van der Waals surface area contributed by atoms with Crippen molar-refractivity contribution in [2.45, 2.75) is 33.2 Å². The Bertz CT molecular complexity index is 1390. The van der Waals surface area contributed by atoms with Crippen LogP contribution in [0.1, 0.15) is 30.7 Å². The maximum absolute atomic E-state index is 13.3. The third-order valence-electron chi connectivity index (χ3n) is 5.52. The summed E-state index contributed by atoms with van der Waals surface area (Å²) < 4.78 is 11.7. The van der Waals surface area contributed by atoms with Crippen molar-refractivity contribution in [3.8, 4) is 17.0 Å². The lowest BCUT2D eigenvalue weighted by molar-refractivity contribution is -0.119. The number of ether oxygens (including phenoxy) is 1. The summed E-state index contributed by atoms with van der Waals surface area (Å²) in [6.45, 7) is 5.40. The molecule has 2 aromatic heterocycles. The Morgan fingerprint density at radius 2 is 1.94 bits per heavy atom. The Labute approximate surface area is 195 Å². The molecule has 4 rings (SSSR count). The van der Waals surface area contributed by atoms with Gasteiger partial charge >= 0.3 is 0 Å². The number of hydrogen-bond acceptors (Lipinski definition) is 6. The van der Waals surface area contributed by atoms with Crippen molar-refractivity contribution in [1.29, 1.82) is 0 Å². The normalized spacial score (nSPS) is 12.0. The lowest BCUT2D eigenvalue weighted by Crippen LogP contribution is -2.35. The zero-order valence-electron chi connectivity index (χ0n) is 18.7. The molecule has 0 fully saturated rings. The molecule has 1 amide bonds. The Hall–Kier alpha value is -3.65. The number of carbonyl (C=O) groups is 1. The van der Waals surface area contributed by atoms with Gasteiger partial charge in [-0.2, -0.15) is 5.10 Å². The predicted molar refractivity (Wildman–Crippen MR) is 127 cm³/mol. The number of aromatic nitrogens is 3. The van der Waals surface area contributed by atoms with Crippen LogP contribution >= 0.6 is 11.6 Å². The van der Waals surface area contributed by atoms with Gasteiger partial charge in [0, 0.05) is 16.3 Å². The van der Waals surface area contributed by atoms with Gasteiger partial charge in [-0.05, 0) is 62.2 Å². The lowest BCUT2D eigenvalue weighted by Gasteiger charge is -2.19. The molecule has 4 aromatic rings. The Morgan fingerprint density at radius 3 is 2.61 bits per heavy atom. The largest absolute Gasteiger partial charge is 0.497 e. The number of halogens is 1. The average Bonchev–Trinajstić information content (AvgIpc) is 3.20. The van der Waals surface area contributed by atoms with E-state index in [1.54, 1.807) is 38.3 Å². The molecule has 0 radical (unpaired) electrons. The summed E-state index contributed by atoms with van der Waals surface area (Å²) in [7, 11) is 1.59. The van der Waals surface area contributed by atoms with Crippen LogP contribution in [0.25, 0.3) is 22.2 Å². The molecule has 1 atom stereocenters. The van der Waals surface area contributed by atoms with Crippen LogP contribution in [0.15, 0.2) is 51.8 Å². The molecule has 9 heteroatoms. The van der Waals surface area contributed by atoms with Gasteiger partial charge in [0.2, 0.25) is 5.91 Å². The van der Waals surface area contributed by atoms with E-state index in [0.717, 1.165) is 11.1 Å². The second-order valence-corrected chi connectivity index (χ2v) is 8.10. The number of nitrogens with zero attached hydrogens (tertiary/aromatic N) is 3.